The van der Waals surface area contributed by atoms with Gasteiger partial charge in [0.2, 0.25) is 0 Å². The molecule has 1 aromatic carbocycles. The molecule has 7 nitrogen and oxygen atoms in total. The number of allylic oxidation sites excluding steroid dienone is 1. The number of aromatic amines is 1. The quantitative estimate of drug-likeness (QED) is 0.207. The van der Waals surface area contributed by atoms with Crippen LogP contribution >= 0.6 is 11.3 Å². The van der Waals surface area contributed by atoms with Gasteiger partial charge in [0.05, 0.1) is 13.3 Å². The largest absolute Gasteiger partial charge is 0.465 e. The minimum atomic E-state index is -0.423. The first-order valence-corrected chi connectivity index (χ1v) is 16.2. The summed E-state index contributed by atoms with van der Waals surface area (Å²) < 4.78 is 11.3. The molecule has 1 saturated heterocycles. The summed E-state index contributed by atoms with van der Waals surface area (Å²) in [5, 5.41) is 3.22. The summed E-state index contributed by atoms with van der Waals surface area (Å²) in [7, 11) is 1.39. The molecule has 0 unspecified atom stereocenters. The summed E-state index contributed by atoms with van der Waals surface area (Å²) in [6, 6.07) is 12.0. The topological polar surface area (TPSA) is 70.7 Å². The van der Waals surface area contributed by atoms with E-state index in [0.29, 0.717) is 28.4 Å². The molecule has 0 spiro atoms. The number of hydrogen-bond acceptors (Lipinski definition) is 7. The average molecular weight is 599 g/mol. The molecule has 0 radical (unpaired) electrons. The number of esters is 1. The van der Waals surface area contributed by atoms with Gasteiger partial charge in [0.15, 0.2) is 0 Å². The second kappa shape index (κ2) is 12.2. The van der Waals surface area contributed by atoms with Gasteiger partial charge in [0.1, 0.15) is 22.7 Å². The number of thiophene rings is 1. The van der Waals surface area contributed by atoms with Crippen molar-refractivity contribution >= 4 is 39.6 Å². The van der Waals surface area contributed by atoms with Crippen LogP contribution in [-0.2, 0) is 4.74 Å². The highest BCUT2D eigenvalue weighted by Crippen LogP contribution is 2.46. The number of nitrogens with zero attached hydrogens (tertiary/aromatic N) is 3. The van der Waals surface area contributed by atoms with Crippen LogP contribution in [0.25, 0.3) is 16.6 Å². The number of hydrogen-bond donors (Lipinski definition) is 1. The van der Waals surface area contributed by atoms with Crippen LogP contribution in [0.2, 0.25) is 0 Å². The van der Waals surface area contributed by atoms with Crippen LogP contribution in [0.4, 0.5) is 5.69 Å². The number of aromatic nitrogens is 2. The van der Waals surface area contributed by atoms with Gasteiger partial charge in [0.25, 0.3) is 0 Å². The molecule has 0 bridgehead atoms. The lowest BCUT2D eigenvalue weighted by molar-refractivity contribution is 0.0598. The maximum absolute atomic E-state index is 12.6. The number of carbonyl (C=O) groups is 1. The zero-order valence-corrected chi connectivity index (χ0v) is 26.7. The van der Waals surface area contributed by atoms with E-state index in [1.165, 1.54) is 30.4 Å². The fourth-order valence-corrected chi connectivity index (χ4v) is 7.36. The molecule has 1 fully saturated rings. The fourth-order valence-electron chi connectivity index (χ4n) is 6.42. The van der Waals surface area contributed by atoms with Crippen molar-refractivity contribution in [1.82, 2.24) is 14.9 Å². The molecule has 1 N–H and O–H groups in total. The monoisotopic (exact) mass is 598 g/mol. The van der Waals surface area contributed by atoms with Gasteiger partial charge in [-0.05, 0) is 77.4 Å². The summed E-state index contributed by atoms with van der Waals surface area (Å²) in [5.74, 6) is 1.17. The van der Waals surface area contributed by atoms with Gasteiger partial charge in [-0.15, -0.1) is 11.3 Å². The van der Waals surface area contributed by atoms with Crippen molar-refractivity contribution in [2.45, 2.75) is 52.9 Å². The van der Waals surface area contributed by atoms with Crippen molar-refractivity contribution in [1.29, 1.82) is 0 Å². The molecule has 8 heteroatoms. The van der Waals surface area contributed by atoms with E-state index < -0.39 is 5.97 Å². The van der Waals surface area contributed by atoms with Gasteiger partial charge in [-0.2, -0.15) is 0 Å². The standard InChI is InChI=1S/C35H42N4O3S/c1-23(2)32-28(10-17-43-32)30-20-35(3,4)11-8-25(30)22-38-13-15-39(16-14-38)26-6-7-29(34(40)41-5)31(19-26)42-27-18-24-9-12-36-33(24)37-21-27/h6-7,9-10,12,17-19,21,23H,8,11,13-16,20,22H2,1-5H3,(H,36,37). The first-order chi connectivity index (χ1) is 20.7. The number of anilines is 1. The number of fused-ring (bicyclic) bond motifs is 1. The maximum Gasteiger partial charge on any atom is 0.341 e. The van der Waals surface area contributed by atoms with Gasteiger partial charge < -0.3 is 19.4 Å². The van der Waals surface area contributed by atoms with Gasteiger partial charge in [-0.25, -0.2) is 9.78 Å². The van der Waals surface area contributed by atoms with E-state index in [-0.39, 0.29) is 0 Å². The predicted molar refractivity (Wildman–Crippen MR) is 176 cm³/mol. The molecule has 1 aliphatic carbocycles. The molecule has 0 amide bonds. The van der Waals surface area contributed by atoms with E-state index in [4.69, 9.17) is 9.47 Å². The summed E-state index contributed by atoms with van der Waals surface area (Å²) >= 11 is 1.91. The molecule has 1 aliphatic heterocycles. The Morgan fingerprint density at radius 3 is 2.70 bits per heavy atom. The van der Waals surface area contributed by atoms with E-state index in [1.54, 1.807) is 23.4 Å². The van der Waals surface area contributed by atoms with E-state index in [1.807, 2.05) is 41.8 Å². The first kappa shape index (κ1) is 29.5. The van der Waals surface area contributed by atoms with E-state index in [2.05, 4.69) is 58.9 Å². The van der Waals surface area contributed by atoms with Crippen LogP contribution in [0.3, 0.4) is 0 Å². The Kier molecular flexibility index (Phi) is 8.34. The first-order valence-electron chi connectivity index (χ1n) is 15.3. The Morgan fingerprint density at radius 1 is 1.12 bits per heavy atom. The zero-order valence-electron chi connectivity index (χ0n) is 25.9. The number of H-pyrrole nitrogens is 1. The molecule has 4 heterocycles. The van der Waals surface area contributed by atoms with Crippen LogP contribution in [-0.4, -0.2) is 60.7 Å². The lowest BCUT2D eigenvalue weighted by atomic mass is 9.72. The molecule has 43 heavy (non-hydrogen) atoms. The number of rotatable bonds is 8. The maximum atomic E-state index is 12.6. The molecular formula is C35H42N4O3S. The highest BCUT2D eigenvalue weighted by molar-refractivity contribution is 7.10. The third-order valence-electron chi connectivity index (χ3n) is 8.86. The molecule has 6 rings (SSSR count). The lowest BCUT2D eigenvalue weighted by Gasteiger charge is -2.39. The second-order valence-electron chi connectivity index (χ2n) is 12.9. The van der Waals surface area contributed by atoms with Crippen LogP contribution in [0.15, 0.2) is 59.7 Å². The Balaban J connectivity index is 1.18. The molecule has 3 aromatic heterocycles. The summed E-state index contributed by atoms with van der Waals surface area (Å²) in [5.41, 5.74) is 7.28. The number of benzene rings is 1. The highest BCUT2D eigenvalue weighted by atomic mass is 32.1. The Bertz CT molecular complexity index is 1640. The Hall–Kier alpha value is -3.62. The predicted octanol–water partition coefficient (Wildman–Crippen LogP) is 8.11. The fraction of sp³-hybridized carbons (Fsp3) is 0.429. The highest BCUT2D eigenvalue weighted by Gasteiger charge is 2.31. The number of carbonyl (C=O) groups excluding carboxylic acids is 1. The van der Waals surface area contributed by atoms with Gasteiger partial charge in [0, 0.05) is 60.9 Å². The number of nitrogens with one attached hydrogen (secondary N) is 1. The van der Waals surface area contributed by atoms with E-state index >= 15 is 0 Å². The molecule has 226 valence electrons. The van der Waals surface area contributed by atoms with Crippen LogP contribution in [0.5, 0.6) is 11.5 Å². The average Bonchev–Trinajstić information content (AvgIpc) is 3.68. The SMILES string of the molecule is COC(=O)c1ccc(N2CCN(CC3=C(c4ccsc4C(C)C)CC(C)(C)CC3)CC2)cc1Oc1cnc2[nH]ccc2c1. The minimum absolute atomic E-state index is 0.341. The summed E-state index contributed by atoms with van der Waals surface area (Å²) in [6.07, 6.45) is 7.09. The number of pyridine rings is 1. The zero-order chi connectivity index (χ0) is 30.1. The van der Waals surface area contributed by atoms with Crippen molar-refractivity contribution in [3.05, 3.63) is 75.7 Å². The minimum Gasteiger partial charge on any atom is -0.465 e. The van der Waals surface area contributed by atoms with Crippen molar-refractivity contribution in [2.24, 2.45) is 5.41 Å². The molecule has 4 aromatic rings. The third-order valence-corrected chi connectivity index (χ3v) is 10.1. The normalized spacial score (nSPS) is 17.6. The van der Waals surface area contributed by atoms with Gasteiger partial charge in [-0.1, -0.05) is 33.3 Å². The number of ether oxygens (including phenoxy) is 2. The van der Waals surface area contributed by atoms with E-state index in [0.717, 1.165) is 55.9 Å². The summed E-state index contributed by atoms with van der Waals surface area (Å²) in [6.45, 7) is 14.3. The van der Waals surface area contributed by atoms with Gasteiger partial charge in [-0.3, -0.25) is 4.90 Å². The Labute approximate surface area is 258 Å². The van der Waals surface area contributed by atoms with Gasteiger partial charge >= 0.3 is 5.97 Å². The smallest absolute Gasteiger partial charge is 0.341 e. The van der Waals surface area contributed by atoms with Crippen LogP contribution < -0.4 is 9.64 Å². The van der Waals surface area contributed by atoms with Crippen molar-refractivity contribution < 1.29 is 14.3 Å². The van der Waals surface area contributed by atoms with Crippen LogP contribution in [0, 0.1) is 5.41 Å². The third kappa shape index (κ3) is 6.36. The van der Waals surface area contributed by atoms with E-state index in [9.17, 15) is 4.79 Å². The summed E-state index contributed by atoms with van der Waals surface area (Å²) in [4.78, 5) is 26.6. The van der Waals surface area contributed by atoms with Crippen molar-refractivity contribution in [2.75, 3.05) is 44.7 Å². The van der Waals surface area contributed by atoms with Crippen molar-refractivity contribution in [3.8, 4) is 11.5 Å². The molecular weight excluding hydrogens is 556 g/mol. The van der Waals surface area contributed by atoms with Crippen LogP contribution in [0.1, 0.15) is 73.7 Å². The lowest BCUT2D eigenvalue weighted by Crippen LogP contribution is -2.47. The second-order valence-corrected chi connectivity index (χ2v) is 13.8. The number of piperazine rings is 1. The number of methoxy groups -OCH3 is 1. The molecule has 0 atom stereocenters. The van der Waals surface area contributed by atoms with Crippen molar-refractivity contribution in [3.63, 3.8) is 0 Å². The molecule has 0 saturated carbocycles. The Morgan fingerprint density at radius 2 is 1.93 bits per heavy atom. The molecule has 2 aliphatic rings.